The highest BCUT2D eigenvalue weighted by Gasteiger charge is 2.54. The standard InChI is InChI=1S/C24H28N6O7S2/c1-24(2,3)37-15(32)8-14-20(28-29-27-14)38-9-12-10-39-22-17(21(34)30(22)18(12)23(35)36)26-19(33)16(25)11-4-6-13(31)7-5-11/h4-7,16-17,22,31H,8-10,25H2,1-3H3,(H,26,33)(H,35,36)(H,27,28,29)/t16-,17?,22-/m1/s1. The van der Waals surface area contributed by atoms with Gasteiger partial charge in [-0.15, -0.1) is 16.9 Å². The Hall–Kier alpha value is -3.56. The van der Waals surface area contributed by atoms with Gasteiger partial charge in [-0.3, -0.25) is 19.3 Å². The molecule has 1 saturated heterocycles. The maximum Gasteiger partial charge on any atom is 0.352 e. The number of carboxylic acids is 1. The van der Waals surface area contributed by atoms with Crippen molar-refractivity contribution in [3.05, 3.63) is 46.8 Å². The number of aromatic amines is 1. The number of nitrogens with zero attached hydrogens (tertiary/aromatic N) is 3. The maximum absolute atomic E-state index is 13.0. The lowest BCUT2D eigenvalue weighted by atomic mass is 10.0. The molecule has 2 aliphatic heterocycles. The van der Waals surface area contributed by atoms with Gasteiger partial charge in [-0.2, -0.15) is 10.3 Å². The normalized spacial score (nSPS) is 19.7. The van der Waals surface area contributed by atoms with Gasteiger partial charge in [0, 0.05) is 11.5 Å². The van der Waals surface area contributed by atoms with Crippen molar-refractivity contribution in [3.8, 4) is 5.75 Å². The van der Waals surface area contributed by atoms with E-state index in [9.17, 15) is 29.4 Å². The van der Waals surface area contributed by atoms with Crippen molar-refractivity contribution < 1.29 is 34.1 Å². The molecule has 2 amide bonds. The minimum absolute atomic E-state index is 0.0274. The van der Waals surface area contributed by atoms with E-state index >= 15 is 0 Å². The van der Waals surface area contributed by atoms with Crippen LogP contribution < -0.4 is 11.1 Å². The van der Waals surface area contributed by atoms with Crippen LogP contribution in [0.5, 0.6) is 5.75 Å². The molecule has 3 heterocycles. The number of benzene rings is 1. The number of amides is 2. The number of aromatic nitrogens is 3. The molecular weight excluding hydrogens is 548 g/mol. The number of β-lactam (4-membered cyclic amide) rings is 1. The van der Waals surface area contributed by atoms with Gasteiger partial charge in [0.2, 0.25) is 5.91 Å². The summed E-state index contributed by atoms with van der Waals surface area (Å²) >= 11 is 2.52. The number of carbonyl (C=O) groups excluding carboxylic acids is 3. The molecule has 15 heteroatoms. The molecule has 0 saturated carbocycles. The molecule has 0 spiro atoms. The number of rotatable bonds is 9. The Balaban J connectivity index is 1.41. The summed E-state index contributed by atoms with van der Waals surface area (Å²) in [4.78, 5) is 51.2. The number of phenols is 1. The van der Waals surface area contributed by atoms with Crippen LogP contribution in [0.3, 0.4) is 0 Å². The second kappa shape index (κ2) is 11.3. The highest BCUT2D eigenvalue weighted by Crippen LogP contribution is 2.41. The fourth-order valence-electron chi connectivity index (χ4n) is 4.01. The molecule has 2 aliphatic rings. The van der Waals surface area contributed by atoms with E-state index < -0.39 is 46.8 Å². The molecule has 39 heavy (non-hydrogen) atoms. The molecule has 0 radical (unpaired) electrons. The van der Waals surface area contributed by atoms with Crippen LogP contribution >= 0.6 is 23.5 Å². The number of aromatic hydroxyl groups is 1. The zero-order valence-corrected chi connectivity index (χ0v) is 23.0. The first-order chi connectivity index (χ1) is 18.4. The molecule has 0 bridgehead atoms. The Bertz CT molecular complexity index is 1320. The average molecular weight is 577 g/mol. The first-order valence-electron chi connectivity index (χ1n) is 11.8. The van der Waals surface area contributed by atoms with Crippen molar-refractivity contribution in [2.24, 2.45) is 5.73 Å². The van der Waals surface area contributed by atoms with Gasteiger partial charge in [-0.25, -0.2) is 4.79 Å². The molecule has 6 N–H and O–H groups in total. The number of ether oxygens (including phenoxy) is 1. The Morgan fingerprint density at radius 3 is 2.62 bits per heavy atom. The van der Waals surface area contributed by atoms with Crippen LogP contribution in [-0.4, -0.2) is 82.8 Å². The number of H-pyrrole nitrogens is 1. The summed E-state index contributed by atoms with van der Waals surface area (Å²) in [6.45, 7) is 5.28. The Morgan fingerprint density at radius 2 is 1.97 bits per heavy atom. The summed E-state index contributed by atoms with van der Waals surface area (Å²) in [7, 11) is 0. The van der Waals surface area contributed by atoms with Crippen LogP contribution in [0.2, 0.25) is 0 Å². The van der Waals surface area contributed by atoms with Crippen LogP contribution in [0.1, 0.15) is 38.1 Å². The summed E-state index contributed by atoms with van der Waals surface area (Å²) < 4.78 is 5.32. The van der Waals surface area contributed by atoms with Crippen molar-refractivity contribution >= 4 is 47.3 Å². The van der Waals surface area contributed by atoms with Gasteiger partial charge >= 0.3 is 11.9 Å². The van der Waals surface area contributed by atoms with E-state index in [2.05, 4.69) is 20.7 Å². The van der Waals surface area contributed by atoms with E-state index in [1.54, 1.807) is 20.8 Å². The fourth-order valence-corrected chi connectivity index (χ4v) is 6.43. The van der Waals surface area contributed by atoms with Gasteiger partial charge in [0.05, 0.1) is 6.42 Å². The lowest BCUT2D eigenvalue weighted by molar-refractivity contribution is -0.154. The van der Waals surface area contributed by atoms with Gasteiger partial charge < -0.3 is 26.0 Å². The van der Waals surface area contributed by atoms with E-state index in [1.807, 2.05) is 0 Å². The first kappa shape index (κ1) is 28.4. The van der Waals surface area contributed by atoms with Crippen molar-refractivity contribution in [2.75, 3.05) is 11.5 Å². The zero-order chi connectivity index (χ0) is 28.5. The predicted octanol–water partition coefficient (Wildman–Crippen LogP) is 0.925. The third-order valence-corrected chi connectivity index (χ3v) is 8.21. The number of hydrogen-bond acceptors (Lipinski definition) is 11. The third-order valence-electron chi connectivity index (χ3n) is 5.78. The Morgan fingerprint density at radius 1 is 1.28 bits per heavy atom. The quantitative estimate of drug-likeness (QED) is 0.161. The van der Waals surface area contributed by atoms with Crippen LogP contribution in [-0.2, 0) is 30.3 Å². The number of carbonyl (C=O) groups is 4. The summed E-state index contributed by atoms with van der Waals surface area (Å²) in [5, 5.41) is 32.3. The van der Waals surface area contributed by atoms with Crippen molar-refractivity contribution in [1.82, 2.24) is 25.6 Å². The van der Waals surface area contributed by atoms with Crippen molar-refractivity contribution in [2.45, 2.75) is 55.3 Å². The molecule has 1 unspecified atom stereocenters. The van der Waals surface area contributed by atoms with Crippen molar-refractivity contribution in [1.29, 1.82) is 0 Å². The summed E-state index contributed by atoms with van der Waals surface area (Å²) in [5.74, 6) is -2.34. The van der Waals surface area contributed by atoms with E-state index in [4.69, 9.17) is 10.5 Å². The molecule has 208 valence electrons. The van der Waals surface area contributed by atoms with E-state index in [1.165, 1.54) is 52.7 Å². The number of aliphatic carboxylic acids is 1. The number of thioether (sulfide) groups is 2. The highest BCUT2D eigenvalue weighted by molar-refractivity contribution is 8.01. The number of nitrogens with one attached hydrogen (secondary N) is 2. The number of hydrogen-bond donors (Lipinski definition) is 5. The summed E-state index contributed by atoms with van der Waals surface area (Å²) in [5.41, 5.74) is 6.55. The third kappa shape index (κ3) is 6.37. The maximum atomic E-state index is 13.0. The summed E-state index contributed by atoms with van der Waals surface area (Å²) in [6, 6.07) is 3.82. The molecule has 2 aromatic rings. The molecular formula is C24H28N6O7S2. The highest BCUT2D eigenvalue weighted by atomic mass is 32.2. The fraction of sp³-hybridized carbons (Fsp3) is 0.417. The average Bonchev–Trinajstić information content (AvgIpc) is 3.30. The minimum atomic E-state index is -1.26. The molecule has 1 fully saturated rings. The van der Waals surface area contributed by atoms with Gasteiger partial charge in [0.1, 0.15) is 45.2 Å². The van der Waals surface area contributed by atoms with Gasteiger partial charge in [0.15, 0.2) is 0 Å². The molecule has 1 aromatic carbocycles. The first-order valence-corrected chi connectivity index (χ1v) is 13.9. The number of carboxylic acid groups (broad SMARTS) is 1. The van der Waals surface area contributed by atoms with E-state index in [-0.39, 0.29) is 23.6 Å². The minimum Gasteiger partial charge on any atom is -0.508 e. The van der Waals surface area contributed by atoms with Crippen LogP contribution in [0.4, 0.5) is 0 Å². The number of esters is 1. The number of nitrogens with two attached hydrogens (primary N) is 1. The monoisotopic (exact) mass is 576 g/mol. The van der Waals surface area contributed by atoms with Gasteiger partial charge in [-0.1, -0.05) is 23.9 Å². The molecule has 1 aromatic heterocycles. The zero-order valence-electron chi connectivity index (χ0n) is 21.3. The topological polar surface area (TPSA) is 201 Å². The van der Waals surface area contributed by atoms with Gasteiger partial charge in [-0.05, 0) is 44.0 Å². The predicted molar refractivity (Wildman–Crippen MR) is 141 cm³/mol. The molecule has 4 rings (SSSR count). The summed E-state index contributed by atoms with van der Waals surface area (Å²) in [6.07, 6.45) is -0.101. The lowest BCUT2D eigenvalue weighted by Gasteiger charge is -2.49. The SMILES string of the molecule is CC(C)(C)OC(=O)Cc1n[nH]nc1SCC1=C(C(=O)O)N2C(=O)C(NC(=O)[C@H](N)c3ccc(O)cc3)[C@H]2SC1. The smallest absolute Gasteiger partial charge is 0.352 e. The van der Waals surface area contributed by atoms with E-state index in [0.29, 0.717) is 27.6 Å². The molecule has 0 aliphatic carbocycles. The molecule has 13 nitrogen and oxygen atoms in total. The largest absolute Gasteiger partial charge is 0.508 e. The van der Waals surface area contributed by atoms with Crippen LogP contribution in [0, 0.1) is 0 Å². The van der Waals surface area contributed by atoms with Crippen LogP contribution in [0.15, 0.2) is 40.6 Å². The Labute approximate surface area is 231 Å². The Kier molecular flexibility index (Phi) is 8.23. The van der Waals surface area contributed by atoms with Crippen molar-refractivity contribution in [3.63, 3.8) is 0 Å². The number of phenolic OH excluding ortho intramolecular Hbond substituents is 1. The second-order valence-corrected chi connectivity index (χ2v) is 11.9. The molecule has 3 atom stereocenters. The lowest BCUT2D eigenvalue weighted by Crippen LogP contribution is -2.71. The van der Waals surface area contributed by atoms with Crippen LogP contribution in [0.25, 0.3) is 0 Å². The number of fused-ring (bicyclic) bond motifs is 1. The second-order valence-electron chi connectivity index (χ2n) is 9.85. The van der Waals surface area contributed by atoms with Gasteiger partial charge in [0.25, 0.3) is 5.91 Å². The van der Waals surface area contributed by atoms with E-state index in [0.717, 1.165) is 0 Å².